The molecule has 0 radical (unpaired) electrons. The Morgan fingerprint density at radius 2 is 1.79 bits per heavy atom. The lowest BCUT2D eigenvalue weighted by molar-refractivity contribution is -0.118. The van der Waals surface area contributed by atoms with Gasteiger partial charge in [-0.1, -0.05) is 74.7 Å². The summed E-state index contributed by atoms with van der Waals surface area (Å²) in [7, 11) is 0. The number of nitrogens with zero attached hydrogens (tertiary/aromatic N) is 2. The van der Waals surface area contributed by atoms with Gasteiger partial charge in [0.05, 0.1) is 11.0 Å². The molecule has 158 valence electrons. The van der Waals surface area contributed by atoms with Crippen molar-refractivity contribution in [1.82, 2.24) is 15.5 Å². The molecule has 6 nitrogen and oxygen atoms in total. The molecule has 0 bridgehead atoms. The number of benzene rings is 1. The molecule has 1 atom stereocenters. The SMILES string of the molecule is CCCNC(=O)CSc1nnc(SC(C)C(=O)Nc2ccc(C(C)(C)C)cc2)s1. The fourth-order valence-corrected chi connectivity index (χ4v) is 5.24. The molecule has 2 N–H and O–H groups in total. The third-order valence-electron chi connectivity index (χ3n) is 3.95. The van der Waals surface area contributed by atoms with Crippen molar-refractivity contribution in [2.75, 3.05) is 17.6 Å². The maximum absolute atomic E-state index is 12.5. The van der Waals surface area contributed by atoms with E-state index in [4.69, 9.17) is 0 Å². The number of hydrogen-bond donors (Lipinski definition) is 2. The van der Waals surface area contributed by atoms with Gasteiger partial charge in [0.1, 0.15) is 0 Å². The molecule has 29 heavy (non-hydrogen) atoms. The number of nitrogens with one attached hydrogen (secondary N) is 2. The number of aromatic nitrogens is 2. The number of hydrogen-bond acceptors (Lipinski definition) is 7. The summed E-state index contributed by atoms with van der Waals surface area (Å²) in [5.74, 6) is 0.230. The van der Waals surface area contributed by atoms with Gasteiger partial charge in [0, 0.05) is 12.2 Å². The first kappa shape index (κ1) is 23.7. The lowest BCUT2D eigenvalue weighted by Gasteiger charge is -2.19. The molecular formula is C20H28N4O2S3. The largest absolute Gasteiger partial charge is 0.355 e. The smallest absolute Gasteiger partial charge is 0.237 e. The minimum Gasteiger partial charge on any atom is -0.355 e. The zero-order valence-electron chi connectivity index (χ0n) is 17.4. The maximum Gasteiger partial charge on any atom is 0.237 e. The van der Waals surface area contributed by atoms with Gasteiger partial charge in [-0.15, -0.1) is 10.2 Å². The van der Waals surface area contributed by atoms with Crippen molar-refractivity contribution in [2.45, 2.75) is 60.4 Å². The molecule has 0 saturated carbocycles. The van der Waals surface area contributed by atoms with Crippen LogP contribution in [0, 0.1) is 0 Å². The van der Waals surface area contributed by atoms with Crippen LogP contribution in [-0.4, -0.2) is 39.6 Å². The zero-order chi connectivity index (χ0) is 21.4. The summed E-state index contributed by atoms with van der Waals surface area (Å²) in [6, 6.07) is 7.94. The van der Waals surface area contributed by atoms with Crippen LogP contribution in [0.2, 0.25) is 0 Å². The molecule has 9 heteroatoms. The first-order valence-electron chi connectivity index (χ1n) is 9.50. The normalized spacial score (nSPS) is 12.4. The molecule has 0 aliphatic carbocycles. The minimum atomic E-state index is -0.309. The van der Waals surface area contributed by atoms with Crippen LogP contribution in [0.1, 0.15) is 46.6 Å². The highest BCUT2D eigenvalue weighted by molar-refractivity contribution is 8.04. The molecule has 2 aromatic rings. The molecule has 0 aliphatic heterocycles. The van der Waals surface area contributed by atoms with Crippen LogP contribution < -0.4 is 10.6 Å². The van der Waals surface area contributed by atoms with E-state index in [1.807, 2.05) is 38.1 Å². The Morgan fingerprint density at radius 1 is 1.14 bits per heavy atom. The predicted octanol–water partition coefficient (Wildman–Crippen LogP) is 4.57. The van der Waals surface area contributed by atoms with Crippen LogP contribution in [0.4, 0.5) is 5.69 Å². The number of rotatable bonds is 9. The average molecular weight is 453 g/mol. The Balaban J connectivity index is 1.83. The van der Waals surface area contributed by atoms with Crippen LogP contribution in [0.5, 0.6) is 0 Å². The molecular weight excluding hydrogens is 424 g/mol. The van der Waals surface area contributed by atoms with E-state index in [1.165, 1.54) is 40.4 Å². The Labute approximate surface area is 185 Å². The molecule has 0 saturated heterocycles. The summed E-state index contributed by atoms with van der Waals surface area (Å²) in [5.41, 5.74) is 2.08. The molecule has 1 unspecified atom stereocenters. The second-order valence-corrected chi connectivity index (χ2v) is 11.3. The first-order chi connectivity index (χ1) is 13.7. The van der Waals surface area contributed by atoms with E-state index in [0.717, 1.165) is 16.4 Å². The molecule has 1 heterocycles. The second-order valence-electron chi connectivity index (χ2n) is 7.55. The Bertz CT molecular complexity index is 816. The maximum atomic E-state index is 12.5. The Morgan fingerprint density at radius 3 is 2.41 bits per heavy atom. The van der Waals surface area contributed by atoms with Crippen molar-refractivity contribution < 1.29 is 9.59 Å². The van der Waals surface area contributed by atoms with Crippen molar-refractivity contribution in [2.24, 2.45) is 0 Å². The number of carbonyl (C=O) groups is 2. The third kappa shape index (κ3) is 7.98. The molecule has 1 aromatic heterocycles. The second kappa shape index (κ2) is 11.0. The van der Waals surface area contributed by atoms with Crippen molar-refractivity contribution in [3.05, 3.63) is 29.8 Å². The van der Waals surface area contributed by atoms with Crippen LogP contribution in [0.25, 0.3) is 0 Å². The van der Waals surface area contributed by atoms with Gasteiger partial charge in [-0.05, 0) is 36.5 Å². The van der Waals surface area contributed by atoms with Crippen LogP contribution in [-0.2, 0) is 15.0 Å². The highest BCUT2D eigenvalue weighted by Crippen LogP contribution is 2.31. The van der Waals surface area contributed by atoms with Gasteiger partial charge in [-0.3, -0.25) is 9.59 Å². The topological polar surface area (TPSA) is 84.0 Å². The molecule has 2 amide bonds. The Hall–Kier alpha value is -1.58. The van der Waals surface area contributed by atoms with Crippen molar-refractivity contribution in [3.8, 4) is 0 Å². The van der Waals surface area contributed by atoms with E-state index in [-0.39, 0.29) is 22.5 Å². The van der Waals surface area contributed by atoms with Gasteiger partial charge in [-0.2, -0.15) is 0 Å². The van der Waals surface area contributed by atoms with Gasteiger partial charge in [0.15, 0.2) is 8.68 Å². The van der Waals surface area contributed by atoms with E-state index in [1.54, 1.807) is 0 Å². The molecule has 0 aliphatic rings. The monoisotopic (exact) mass is 452 g/mol. The minimum absolute atomic E-state index is 0.00789. The molecule has 0 spiro atoms. The molecule has 0 fully saturated rings. The number of anilines is 1. The first-order valence-corrected chi connectivity index (χ1v) is 12.2. The van der Waals surface area contributed by atoms with Gasteiger partial charge in [0.2, 0.25) is 11.8 Å². The zero-order valence-corrected chi connectivity index (χ0v) is 19.9. The van der Waals surface area contributed by atoms with Gasteiger partial charge in [-0.25, -0.2) is 0 Å². The van der Waals surface area contributed by atoms with Gasteiger partial charge in [0.25, 0.3) is 0 Å². The summed E-state index contributed by atoms with van der Waals surface area (Å²) >= 11 is 4.13. The summed E-state index contributed by atoms with van der Waals surface area (Å²) < 4.78 is 1.44. The number of thioether (sulfide) groups is 2. The quantitative estimate of drug-likeness (QED) is 0.542. The van der Waals surface area contributed by atoms with Crippen LogP contribution in [0.3, 0.4) is 0 Å². The van der Waals surface area contributed by atoms with Crippen LogP contribution >= 0.6 is 34.9 Å². The number of amides is 2. The van der Waals surface area contributed by atoms with Gasteiger partial charge >= 0.3 is 0 Å². The fraction of sp³-hybridized carbons (Fsp3) is 0.500. The van der Waals surface area contributed by atoms with Crippen molar-refractivity contribution in [1.29, 1.82) is 0 Å². The summed E-state index contributed by atoms with van der Waals surface area (Å²) in [6.45, 7) is 11.0. The van der Waals surface area contributed by atoms with E-state index < -0.39 is 0 Å². The molecule has 1 aromatic carbocycles. The summed E-state index contributed by atoms with van der Waals surface area (Å²) in [6.07, 6.45) is 0.913. The highest BCUT2D eigenvalue weighted by Gasteiger charge is 2.18. The number of carbonyl (C=O) groups excluding carboxylic acids is 2. The van der Waals surface area contributed by atoms with Crippen molar-refractivity contribution in [3.63, 3.8) is 0 Å². The van der Waals surface area contributed by atoms with Crippen molar-refractivity contribution >= 4 is 52.4 Å². The van der Waals surface area contributed by atoms with E-state index in [9.17, 15) is 9.59 Å². The van der Waals surface area contributed by atoms with E-state index >= 15 is 0 Å². The lowest BCUT2D eigenvalue weighted by Crippen LogP contribution is -2.25. The van der Waals surface area contributed by atoms with Crippen LogP contribution in [0.15, 0.2) is 32.9 Å². The van der Waals surface area contributed by atoms with E-state index in [0.29, 0.717) is 16.6 Å². The average Bonchev–Trinajstić information content (AvgIpc) is 3.11. The predicted molar refractivity (Wildman–Crippen MR) is 123 cm³/mol. The van der Waals surface area contributed by atoms with E-state index in [2.05, 4.69) is 41.6 Å². The fourth-order valence-electron chi connectivity index (χ4n) is 2.25. The highest BCUT2D eigenvalue weighted by atomic mass is 32.2. The summed E-state index contributed by atoms with van der Waals surface area (Å²) in [5, 5.41) is 13.7. The third-order valence-corrected chi connectivity index (χ3v) is 7.19. The molecule has 2 rings (SSSR count). The lowest BCUT2D eigenvalue weighted by atomic mass is 9.87. The Kier molecular flexibility index (Phi) is 8.98. The standard InChI is InChI=1S/C20H28N4O2S3/c1-6-11-21-16(25)12-27-18-23-24-19(29-18)28-13(2)17(26)22-15-9-7-14(8-10-15)20(3,4)5/h7-10,13H,6,11-12H2,1-5H3,(H,21,25)(H,22,26). The summed E-state index contributed by atoms with van der Waals surface area (Å²) in [4.78, 5) is 24.2. The van der Waals surface area contributed by atoms with Gasteiger partial charge < -0.3 is 10.6 Å².